The molecular weight excluding hydrogens is 458 g/mol. The van der Waals surface area contributed by atoms with Gasteiger partial charge in [-0.2, -0.15) is 0 Å². The van der Waals surface area contributed by atoms with E-state index in [0.29, 0.717) is 0 Å². The number of nitrogens with one attached hydrogen (secondary N) is 1. The highest BCUT2D eigenvalue weighted by Gasteiger charge is 2.17. The van der Waals surface area contributed by atoms with E-state index in [1.807, 2.05) is 18.2 Å². The quantitative estimate of drug-likeness (QED) is 0.104. The second kappa shape index (κ2) is 27.9. The van der Waals surface area contributed by atoms with Crippen LogP contribution in [0.5, 0.6) is 0 Å². The van der Waals surface area contributed by atoms with Gasteiger partial charge in [-0.25, -0.2) is 0 Å². The highest BCUT2D eigenvalue weighted by Crippen LogP contribution is 2.02. The number of carbonyl (C=O) groups excluding carboxylic acids is 1. The first-order chi connectivity index (χ1) is 18.2. The third kappa shape index (κ3) is 24.8. The van der Waals surface area contributed by atoms with Crippen molar-refractivity contribution < 1.29 is 15.0 Å². The van der Waals surface area contributed by atoms with Gasteiger partial charge in [-0.3, -0.25) is 4.79 Å². The summed E-state index contributed by atoms with van der Waals surface area (Å²) in [6.07, 6.45) is 42.1. The Kier molecular flexibility index (Phi) is 25.9. The number of rotatable bonds is 22. The fourth-order valence-corrected chi connectivity index (χ4v) is 3.22. The molecule has 0 heterocycles. The molecule has 1 amide bonds. The Morgan fingerprint density at radius 3 is 1.51 bits per heavy atom. The number of aliphatic hydroxyl groups is 2. The first-order valence-electron chi connectivity index (χ1n) is 14.0. The summed E-state index contributed by atoms with van der Waals surface area (Å²) < 4.78 is 0. The Hall–Kier alpha value is -2.69. The molecule has 4 heteroatoms. The van der Waals surface area contributed by atoms with E-state index in [0.717, 1.165) is 64.2 Å². The minimum atomic E-state index is -0.912. The molecule has 0 fully saturated rings. The molecule has 0 aliphatic heterocycles. The molecule has 0 aromatic heterocycles. The SMILES string of the molecule is CC/C=C\C/C=C\C/C=C\C/C=C\C/C=C\CC(=O)NC(CO)C(O)/C=C/CC/C=C/CC/C=C/CC. The van der Waals surface area contributed by atoms with Crippen LogP contribution < -0.4 is 5.32 Å². The lowest BCUT2D eigenvalue weighted by Crippen LogP contribution is -2.44. The lowest BCUT2D eigenvalue weighted by atomic mass is 10.1. The van der Waals surface area contributed by atoms with Crippen LogP contribution in [0.1, 0.15) is 84.5 Å². The van der Waals surface area contributed by atoms with Crippen LogP contribution in [0.25, 0.3) is 0 Å². The number of carbonyl (C=O) groups is 1. The van der Waals surface area contributed by atoms with E-state index >= 15 is 0 Å². The fourth-order valence-electron chi connectivity index (χ4n) is 3.22. The number of amides is 1. The molecule has 4 nitrogen and oxygen atoms in total. The molecule has 0 rings (SSSR count). The second-order valence-corrected chi connectivity index (χ2v) is 8.69. The molecule has 0 bridgehead atoms. The minimum absolute atomic E-state index is 0.215. The minimum Gasteiger partial charge on any atom is -0.394 e. The molecule has 2 atom stereocenters. The van der Waals surface area contributed by atoms with Crippen LogP contribution >= 0.6 is 0 Å². The summed E-state index contributed by atoms with van der Waals surface area (Å²) in [5.41, 5.74) is 0. The molecule has 0 spiro atoms. The number of allylic oxidation sites excluding steroid dienone is 14. The summed E-state index contributed by atoms with van der Waals surface area (Å²) in [4.78, 5) is 12.1. The molecule has 37 heavy (non-hydrogen) atoms. The van der Waals surface area contributed by atoms with E-state index in [-0.39, 0.29) is 18.9 Å². The molecule has 0 saturated heterocycles. The van der Waals surface area contributed by atoms with Crippen molar-refractivity contribution in [3.8, 4) is 0 Å². The Bertz CT molecular complexity index is 768. The first kappa shape index (κ1) is 34.3. The Morgan fingerprint density at radius 2 is 1.03 bits per heavy atom. The average Bonchev–Trinajstić information content (AvgIpc) is 2.90. The summed E-state index contributed by atoms with van der Waals surface area (Å²) in [5.74, 6) is -0.215. The van der Waals surface area contributed by atoms with Gasteiger partial charge in [-0.15, -0.1) is 0 Å². The van der Waals surface area contributed by atoms with Crippen molar-refractivity contribution in [2.24, 2.45) is 0 Å². The van der Waals surface area contributed by atoms with E-state index in [1.165, 1.54) is 0 Å². The van der Waals surface area contributed by atoms with E-state index in [2.05, 4.69) is 92.1 Å². The summed E-state index contributed by atoms with van der Waals surface area (Å²) >= 11 is 0. The number of aliphatic hydroxyl groups excluding tert-OH is 2. The topological polar surface area (TPSA) is 69.6 Å². The Balaban J connectivity index is 4.01. The number of hydrogen-bond donors (Lipinski definition) is 3. The largest absolute Gasteiger partial charge is 0.394 e. The number of hydrogen-bond acceptors (Lipinski definition) is 3. The van der Waals surface area contributed by atoms with Crippen molar-refractivity contribution in [3.63, 3.8) is 0 Å². The second-order valence-electron chi connectivity index (χ2n) is 8.69. The number of unbranched alkanes of at least 4 members (excludes halogenated alkanes) is 2. The van der Waals surface area contributed by atoms with Gasteiger partial charge in [0.1, 0.15) is 0 Å². The van der Waals surface area contributed by atoms with Crippen LogP contribution in [0, 0.1) is 0 Å². The van der Waals surface area contributed by atoms with Gasteiger partial charge < -0.3 is 15.5 Å². The van der Waals surface area contributed by atoms with Crippen molar-refractivity contribution in [2.45, 2.75) is 96.6 Å². The van der Waals surface area contributed by atoms with Crippen molar-refractivity contribution >= 4 is 5.91 Å². The predicted octanol–water partition coefficient (Wildman–Crippen LogP) is 7.60. The van der Waals surface area contributed by atoms with Crippen LogP contribution in [-0.2, 0) is 4.79 Å². The van der Waals surface area contributed by atoms with Crippen molar-refractivity contribution in [1.82, 2.24) is 5.32 Å². The highest BCUT2D eigenvalue weighted by atomic mass is 16.3. The van der Waals surface area contributed by atoms with Gasteiger partial charge in [0.25, 0.3) is 0 Å². The summed E-state index contributed by atoms with van der Waals surface area (Å²) in [6, 6.07) is -0.702. The molecule has 2 unspecified atom stereocenters. The lowest BCUT2D eigenvalue weighted by Gasteiger charge is -2.19. The smallest absolute Gasteiger partial charge is 0.224 e. The van der Waals surface area contributed by atoms with Gasteiger partial charge in [0.2, 0.25) is 5.91 Å². The van der Waals surface area contributed by atoms with E-state index in [9.17, 15) is 15.0 Å². The van der Waals surface area contributed by atoms with Gasteiger partial charge >= 0.3 is 0 Å². The molecule has 0 aliphatic rings. The van der Waals surface area contributed by atoms with Crippen LogP contribution in [0.4, 0.5) is 0 Å². The summed E-state index contributed by atoms with van der Waals surface area (Å²) in [6.45, 7) is 3.96. The maximum absolute atomic E-state index is 12.1. The molecule has 206 valence electrons. The zero-order valence-corrected chi connectivity index (χ0v) is 23.2. The zero-order valence-electron chi connectivity index (χ0n) is 23.2. The van der Waals surface area contributed by atoms with E-state index < -0.39 is 12.1 Å². The molecule has 3 N–H and O–H groups in total. The summed E-state index contributed by atoms with van der Waals surface area (Å²) in [5, 5.41) is 22.5. The van der Waals surface area contributed by atoms with Crippen molar-refractivity contribution in [2.75, 3.05) is 6.61 Å². The lowest BCUT2D eigenvalue weighted by molar-refractivity contribution is -0.122. The van der Waals surface area contributed by atoms with Crippen molar-refractivity contribution in [1.29, 1.82) is 0 Å². The maximum atomic E-state index is 12.1. The molecule has 0 saturated carbocycles. The normalized spacial score (nSPS) is 14.8. The Labute approximate surface area is 226 Å². The van der Waals surface area contributed by atoms with Gasteiger partial charge in [-0.05, 0) is 64.2 Å². The maximum Gasteiger partial charge on any atom is 0.224 e. The van der Waals surface area contributed by atoms with Crippen LogP contribution in [0.15, 0.2) is 97.2 Å². The average molecular weight is 510 g/mol. The zero-order chi connectivity index (χ0) is 27.2. The monoisotopic (exact) mass is 509 g/mol. The fraction of sp³-hybridized carbons (Fsp3) is 0.485. The van der Waals surface area contributed by atoms with Crippen LogP contribution in [-0.4, -0.2) is 34.9 Å². The molecule has 0 aromatic rings. The molecule has 0 aliphatic carbocycles. The third-order valence-corrected chi connectivity index (χ3v) is 5.32. The van der Waals surface area contributed by atoms with Gasteiger partial charge in [-0.1, -0.05) is 111 Å². The predicted molar refractivity (Wildman–Crippen MR) is 160 cm³/mol. The summed E-state index contributed by atoms with van der Waals surface area (Å²) in [7, 11) is 0. The van der Waals surface area contributed by atoms with Crippen LogP contribution in [0.3, 0.4) is 0 Å². The Morgan fingerprint density at radius 1 is 0.622 bits per heavy atom. The molecular formula is C33H51NO3. The van der Waals surface area contributed by atoms with E-state index in [4.69, 9.17) is 0 Å². The molecule has 0 aromatic carbocycles. The molecule has 0 radical (unpaired) electrons. The van der Waals surface area contributed by atoms with Gasteiger partial charge in [0, 0.05) is 6.42 Å². The van der Waals surface area contributed by atoms with Crippen LogP contribution in [0.2, 0.25) is 0 Å². The standard InChI is InChI=1S/C33H51NO3/c1-3-5-7-9-11-13-15-16-17-18-19-21-23-25-27-29-33(37)34-31(30-35)32(36)28-26-24-22-20-14-12-10-8-6-4-2/h5-8,11,13-14,16-17,19-21,25-28,31-32,35-36H,3-4,9-10,12,15,18,22-24,29-30H2,1-2H3,(H,34,37)/b7-5-,8-6+,13-11-,17-16-,20-14+,21-19-,27-25-,28-26+. The third-order valence-electron chi connectivity index (χ3n) is 5.32. The van der Waals surface area contributed by atoms with E-state index in [1.54, 1.807) is 6.08 Å². The van der Waals surface area contributed by atoms with Crippen molar-refractivity contribution in [3.05, 3.63) is 97.2 Å². The first-order valence-corrected chi connectivity index (χ1v) is 14.0. The highest BCUT2D eigenvalue weighted by molar-refractivity contribution is 5.77. The van der Waals surface area contributed by atoms with Gasteiger partial charge in [0.15, 0.2) is 0 Å². The van der Waals surface area contributed by atoms with Gasteiger partial charge in [0.05, 0.1) is 18.8 Å².